The molecule has 1 saturated heterocycles. The standard InChI is InChI=1S/C17H21N5O/c1-12(23)21-16-5-6-22(11-16)17-19-9-15(10-20-17)14-4-2-3-13(7-14)8-18/h2-4,7,9-10,16H,5-6,8,11,18H2,1H3,(H,21,23). The van der Waals surface area contributed by atoms with Crippen molar-refractivity contribution in [2.45, 2.75) is 25.9 Å². The minimum Gasteiger partial charge on any atom is -0.352 e. The van der Waals surface area contributed by atoms with Crippen molar-refractivity contribution >= 4 is 11.9 Å². The summed E-state index contributed by atoms with van der Waals surface area (Å²) in [6.45, 7) is 3.67. The van der Waals surface area contributed by atoms with Gasteiger partial charge in [-0.3, -0.25) is 4.79 Å². The van der Waals surface area contributed by atoms with Crippen LogP contribution in [0.1, 0.15) is 18.9 Å². The normalized spacial score (nSPS) is 17.3. The van der Waals surface area contributed by atoms with Crippen LogP contribution in [0, 0.1) is 0 Å². The molecular weight excluding hydrogens is 290 g/mol. The van der Waals surface area contributed by atoms with Crippen LogP contribution in [0.4, 0.5) is 5.95 Å². The van der Waals surface area contributed by atoms with Crippen LogP contribution >= 0.6 is 0 Å². The largest absolute Gasteiger partial charge is 0.352 e. The Morgan fingerprint density at radius 3 is 2.83 bits per heavy atom. The minimum atomic E-state index is 0.00732. The van der Waals surface area contributed by atoms with E-state index in [0.29, 0.717) is 12.5 Å². The lowest BCUT2D eigenvalue weighted by Gasteiger charge is -2.16. The molecule has 1 amide bonds. The summed E-state index contributed by atoms with van der Waals surface area (Å²) in [6, 6.07) is 8.26. The molecule has 3 rings (SSSR count). The number of nitrogens with two attached hydrogens (primary N) is 1. The van der Waals surface area contributed by atoms with E-state index in [0.717, 1.165) is 36.2 Å². The maximum absolute atomic E-state index is 11.1. The number of amides is 1. The molecule has 23 heavy (non-hydrogen) atoms. The highest BCUT2D eigenvalue weighted by atomic mass is 16.1. The zero-order chi connectivity index (χ0) is 16.2. The van der Waals surface area contributed by atoms with Gasteiger partial charge in [-0.25, -0.2) is 9.97 Å². The van der Waals surface area contributed by atoms with Crippen molar-refractivity contribution < 1.29 is 4.79 Å². The van der Waals surface area contributed by atoms with Gasteiger partial charge in [0.2, 0.25) is 11.9 Å². The minimum absolute atomic E-state index is 0.00732. The van der Waals surface area contributed by atoms with Crippen LogP contribution in [0.15, 0.2) is 36.7 Å². The van der Waals surface area contributed by atoms with E-state index in [-0.39, 0.29) is 11.9 Å². The van der Waals surface area contributed by atoms with Gasteiger partial charge in [-0.1, -0.05) is 18.2 Å². The molecule has 0 saturated carbocycles. The van der Waals surface area contributed by atoms with Crippen LogP contribution in [0.5, 0.6) is 0 Å². The van der Waals surface area contributed by atoms with E-state index in [9.17, 15) is 4.79 Å². The zero-order valence-electron chi connectivity index (χ0n) is 13.2. The molecule has 3 N–H and O–H groups in total. The van der Waals surface area contributed by atoms with Crippen molar-refractivity contribution in [2.75, 3.05) is 18.0 Å². The number of hydrogen-bond acceptors (Lipinski definition) is 5. The van der Waals surface area contributed by atoms with Crippen LogP contribution in [0.25, 0.3) is 11.1 Å². The molecule has 0 bridgehead atoms. The highest BCUT2D eigenvalue weighted by molar-refractivity contribution is 5.73. The average molecular weight is 311 g/mol. The third kappa shape index (κ3) is 3.65. The van der Waals surface area contributed by atoms with Crippen LogP contribution in [-0.4, -0.2) is 35.0 Å². The molecule has 1 aliphatic rings. The lowest BCUT2D eigenvalue weighted by atomic mass is 10.1. The summed E-state index contributed by atoms with van der Waals surface area (Å²) in [7, 11) is 0. The highest BCUT2D eigenvalue weighted by Gasteiger charge is 2.24. The molecule has 6 nitrogen and oxygen atoms in total. The summed E-state index contributed by atoms with van der Waals surface area (Å²) in [5, 5.41) is 2.94. The number of aromatic nitrogens is 2. The fraction of sp³-hybridized carbons (Fsp3) is 0.353. The second-order valence-electron chi connectivity index (χ2n) is 5.81. The van der Waals surface area contributed by atoms with Crippen LogP contribution in [0.3, 0.4) is 0 Å². The van der Waals surface area contributed by atoms with Crippen molar-refractivity contribution in [2.24, 2.45) is 5.73 Å². The molecule has 0 aliphatic carbocycles. The summed E-state index contributed by atoms with van der Waals surface area (Å²) < 4.78 is 0. The van der Waals surface area contributed by atoms with Crippen molar-refractivity contribution in [3.05, 3.63) is 42.2 Å². The van der Waals surface area contributed by atoms with E-state index < -0.39 is 0 Å². The summed E-state index contributed by atoms with van der Waals surface area (Å²) in [5.74, 6) is 0.712. The first kappa shape index (κ1) is 15.4. The first-order chi connectivity index (χ1) is 11.2. The summed E-state index contributed by atoms with van der Waals surface area (Å²) in [5.41, 5.74) is 8.81. The fourth-order valence-electron chi connectivity index (χ4n) is 2.86. The molecule has 1 atom stereocenters. The predicted molar refractivity (Wildman–Crippen MR) is 89.8 cm³/mol. The van der Waals surface area contributed by atoms with Gasteiger partial charge in [-0.2, -0.15) is 0 Å². The van der Waals surface area contributed by atoms with E-state index >= 15 is 0 Å². The number of carbonyl (C=O) groups is 1. The lowest BCUT2D eigenvalue weighted by molar-refractivity contribution is -0.119. The quantitative estimate of drug-likeness (QED) is 0.889. The molecule has 1 aliphatic heterocycles. The second kappa shape index (κ2) is 6.75. The number of anilines is 1. The summed E-state index contributed by atoms with van der Waals surface area (Å²) in [6.07, 6.45) is 4.59. The van der Waals surface area contributed by atoms with Crippen molar-refractivity contribution in [1.29, 1.82) is 0 Å². The monoisotopic (exact) mass is 311 g/mol. The number of hydrogen-bond donors (Lipinski definition) is 2. The topological polar surface area (TPSA) is 84.1 Å². The van der Waals surface area contributed by atoms with Gasteiger partial charge in [0.1, 0.15) is 0 Å². The molecule has 1 unspecified atom stereocenters. The smallest absolute Gasteiger partial charge is 0.225 e. The number of benzene rings is 1. The highest BCUT2D eigenvalue weighted by Crippen LogP contribution is 2.21. The first-order valence-corrected chi connectivity index (χ1v) is 7.79. The maximum Gasteiger partial charge on any atom is 0.225 e. The van der Waals surface area contributed by atoms with E-state index in [1.54, 1.807) is 6.92 Å². The lowest BCUT2D eigenvalue weighted by Crippen LogP contribution is -2.35. The Kier molecular flexibility index (Phi) is 4.52. The van der Waals surface area contributed by atoms with Crippen molar-refractivity contribution in [1.82, 2.24) is 15.3 Å². The average Bonchev–Trinajstić information content (AvgIpc) is 3.03. The molecule has 120 valence electrons. The van der Waals surface area contributed by atoms with E-state index in [4.69, 9.17) is 5.73 Å². The third-order valence-electron chi connectivity index (χ3n) is 4.01. The third-order valence-corrected chi connectivity index (χ3v) is 4.01. The van der Waals surface area contributed by atoms with Gasteiger partial charge < -0.3 is 16.0 Å². The number of nitrogens with one attached hydrogen (secondary N) is 1. The molecular formula is C17H21N5O. The van der Waals surface area contributed by atoms with Gasteiger partial charge in [-0.05, 0) is 23.6 Å². The molecule has 0 spiro atoms. The Bertz CT molecular complexity index is 686. The number of rotatable bonds is 4. The molecule has 1 aromatic carbocycles. The van der Waals surface area contributed by atoms with Gasteiger partial charge in [0.15, 0.2) is 0 Å². The predicted octanol–water partition coefficient (Wildman–Crippen LogP) is 1.32. The Balaban J connectivity index is 1.71. The number of carbonyl (C=O) groups excluding carboxylic acids is 1. The van der Waals surface area contributed by atoms with Crippen LogP contribution in [-0.2, 0) is 11.3 Å². The van der Waals surface area contributed by atoms with E-state index in [2.05, 4.69) is 26.3 Å². The van der Waals surface area contributed by atoms with Gasteiger partial charge in [0.25, 0.3) is 0 Å². The molecule has 1 aromatic heterocycles. The first-order valence-electron chi connectivity index (χ1n) is 7.79. The van der Waals surface area contributed by atoms with Gasteiger partial charge in [-0.15, -0.1) is 0 Å². The molecule has 1 fully saturated rings. The Morgan fingerprint density at radius 2 is 2.13 bits per heavy atom. The summed E-state index contributed by atoms with van der Waals surface area (Å²) >= 11 is 0. The number of nitrogens with zero attached hydrogens (tertiary/aromatic N) is 3. The van der Waals surface area contributed by atoms with Gasteiger partial charge >= 0.3 is 0 Å². The van der Waals surface area contributed by atoms with Crippen molar-refractivity contribution in [3.63, 3.8) is 0 Å². The fourth-order valence-corrected chi connectivity index (χ4v) is 2.86. The van der Waals surface area contributed by atoms with Gasteiger partial charge in [0.05, 0.1) is 0 Å². The SMILES string of the molecule is CC(=O)NC1CCN(c2ncc(-c3cccc(CN)c3)cn2)C1. The molecule has 2 heterocycles. The van der Waals surface area contributed by atoms with E-state index in [1.807, 2.05) is 30.6 Å². The maximum atomic E-state index is 11.1. The van der Waals surface area contributed by atoms with Gasteiger partial charge in [0, 0.05) is 50.6 Å². The molecule has 2 aromatic rings. The van der Waals surface area contributed by atoms with Crippen LogP contribution < -0.4 is 16.0 Å². The summed E-state index contributed by atoms with van der Waals surface area (Å²) in [4.78, 5) is 22.2. The molecule has 6 heteroatoms. The second-order valence-corrected chi connectivity index (χ2v) is 5.81. The Labute approximate surface area is 135 Å². The van der Waals surface area contributed by atoms with E-state index in [1.165, 1.54) is 0 Å². The van der Waals surface area contributed by atoms with Crippen molar-refractivity contribution in [3.8, 4) is 11.1 Å². The van der Waals surface area contributed by atoms with Crippen LogP contribution in [0.2, 0.25) is 0 Å². The zero-order valence-corrected chi connectivity index (χ0v) is 13.2. The molecule has 0 radical (unpaired) electrons. The Morgan fingerprint density at radius 1 is 1.35 bits per heavy atom. The Hall–Kier alpha value is -2.47.